The van der Waals surface area contributed by atoms with E-state index in [1.165, 1.54) is 0 Å². The molecule has 0 radical (unpaired) electrons. The molecule has 0 aliphatic carbocycles. The van der Waals surface area contributed by atoms with Gasteiger partial charge in [0.1, 0.15) is 11.4 Å². The molecular weight excluding hydrogens is 272 g/mol. The molecule has 0 saturated heterocycles. The van der Waals surface area contributed by atoms with Gasteiger partial charge in [-0.1, -0.05) is 23.9 Å². The molecule has 3 rings (SSSR count). The van der Waals surface area contributed by atoms with Crippen LogP contribution in [0.1, 0.15) is 5.69 Å². The second-order valence-electron chi connectivity index (χ2n) is 4.13. The van der Waals surface area contributed by atoms with Gasteiger partial charge in [0.05, 0.1) is 18.5 Å². The van der Waals surface area contributed by atoms with Crippen LogP contribution in [0.2, 0.25) is 0 Å². The number of ether oxygens (including phenoxy) is 1. The number of H-pyrrole nitrogens is 1. The van der Waals surface area contributed by atoms with Crippen LogP contribution in [0.3, 0.4) is 0 Å². The van der Waals surface area contributed by atoms with Gasteiger partial charge in [0.15, 0.2) is 5.17 Å². The maximum atomic E-state index is 5.28. The standard InChI is InChI=1S/C14H14N4OS/c1-19-13-7-3-2-5-11(13)16-14-18-17-12(9-20-14)10-6-4-8-15-10/h2-8,15H,9H2,1H3,(H,16,18). The van der Waals surface area contributed by atoms with Gasteiger partial charge >= 0.3 is 0 Å². The van der Waals surface area contributed by atoms with Crippen LogP contribution in [0.4, 0.5) is 5.69 Å². The summed E-state index contributed by atoms with van der Waals surface area (Å²) in [5.74, 6) is 1.53. The van der Waals surface area contributed by atoms with Crippen molar-refractivity contribution in [3.05, 3.63) is 48.3 Å². The number of nitrogens with one attached hydrogen (secondary N) is 2. The smallest absolute Gasteiger partial charge is 0.182 e. The zero-order valence-corrected chi connectivity index (χ0v) is 11.8. The van der Waals surface area contributed by atoms with E-state index in [0.717, 1.165) is 33.8 Å². The lowest BCUT2D eigenvalue weighted by Crippen LogP contribution is -2.25. The molecular formula is C14H14N4OS. The Kier molecular flexibility index (Phi) is 3.73. The fraction of sp³-hybridized carbons (Fsp3) is 0.143. The van der Waals surface area contributed by atoms with E-state index < -0.39 is 0 Å². The summed E-state index contributed by atoms with van der Waals surface area (Å²) in [5, 5.41) is 5.12. The van der Waals surface area contributed by atoms with Crippen LogP contribution < -0.4 is 10.2 Å². The van der Waals surface area contributed by atoms with E-state index in [4.69, 9.17) is 4.74 Å². The van der Waals surface area contributed by atoms with Crippen molar-refractivity contribution < 1.29 is 4.74 Å². The highest BCUT2D eigenvalue weighted by molar-refractivity contribution is 8.14. The minimum Gasteiger partial charge on any atom is -0.494 e. The predicted octanol–water partition coefficient (Wildman–Crippen LogP) is 2.75. The summed E-state index contributed by atoms with van der Waals surface area (Å²) in [4.78, 5) is 7.68. The Morgan fingerprint density at radius 3 is 2.85 bits per heavy atom. The lowest BCUT2D eigenvalue weighted by molar-refractivity contribution is 0.416. The quantitative estimate of drug-likeness (QED) is 0.912. The van der Waals surface area contributed by atoms with Crippen molar-refractivity contribution in [1.29, 1.82) is 0 Å². The molecule has 20 heavy (non-hydrogen) atoms. The number of hydrazone groups is 1. The van der Waals surface area contributed by atoms with Crippen LogP contribution >= 0.6 is 11.8 Å². The molecule has 1 aromatic heterocycles. The fourth-order valence-electron chi connectivity index (χ4n) is 1.85. The zero-order valence-electron chi connectivity index (χ0n) is 11.0. The van der Waals surface area contributed by atoms with E-state index in [1.807, 2.05) is 42.6 Å². The lowest BCUT2D eigenvalue weighted by atomic mass is 10.3. The molecule has 1 aliphatic rings. The Balaban J connectivity index is 1.79. The minimum absolute atomic E-state index is 0.751. The van der Waals surface area contributed by atoms with E-state index in [2.05, 4.69) is 20.5 Å². The highest BCUT2D eigenvalue weighted by atomic mass is 32.2. The first-order valence-electron chi connectivity index (χ1n) is 6.17. The van der Waals surface area contributed by atoms with Gasteiger partial charge in [-0.05, 0) is 24.3 Å². The molecule has 2 heterocycles. The number of para-hydroxylation sites is 2. The molecule has 1 aromatic carbocycles. The van der Waals surface area contributed by atoms with Crippen LogP contribution in [0, 0.1) is 0 Å². The van der Waals surface area contributed by atoms with Crippen LogP contribution in [0.15, 0.2) is 52.7 Å². The third kappa shape index (κ3) is 2.70. The maximum Gasteiger partial charge on any atom is 0.182 e. The molecule has 0 bridgehead atoms. The van der Waals surface area contributed by atoms with E-state index in [-0.39, 0.29) is 0 Å². The molecule has 2 N–H and O–H groups in total. The second-order valence-corrected chi connectivity index (χ2v) is 5.10. The van der Waals surface area contributed by atoms with Gasteiger partial charge in [-0.2, -0.15) is 5.10 Å². The average Bonchev–Trinajstić information content (AvgIpc) is 3.03. The SMILES string of the molecule is COc1ccccc1N=C1NN=C(c2ccc[nH]2)CS1. The number of benzene rings is 1. The van der Waals surface area contributed by atoms with E-state index in [1.54, 1.807) is 18.9 Å². The van der Waals surface area contributed by atoms with Crippen LogP contribution in [0.25, 0.3) is 0 Å². The molecule has 0 unspecified atom stereocenters. The zero-order chi connectivity index (χ0) is 13.8. The first kappa shape index (κ1) is 12.8. The Labute approximate surface area is 121 Å². The Morgan fingerprint density at radius 2 is 2.15 bits per heavy atom. The number of amidine groups is 1. The Bertz CT molecular complexity index is 649. The topological polar surface area (TPSA) is 61.8 Å². The molecule has 5 nitrogen and oxygen atoms in total. The summed E-state index contributed by atoms with van der Waals surface area (Å²) < 4.78 is 5.28. The number of nitrogens with zero attached hydrogens (tertiary/aromatic N) is 2. The number of aromatic amines is 1. The highest BCUT2D eigenvalue weighted by Gasteiger charge is 2.14. The van der Waals surface area contributed by atoms with Gasteiger partial charge in [-0.25, -0.2) is 4.99 Å². The van der Waals surface area contributed by atoms with Gasteiger partial charge in [-0.3, -0.25) is 5.43 Å². The summed E-state index contributed by atoms with van der Waals surface area (Å²) >= 11 is 1.62. The van der Waals surface area contributed by atoms with E-state index in [9.17, 15) is 0 Å². The number of methoxy groups -OCH3 is 1. The normalized spacial score (nSPS) is 16.6. The summed E-state index contributed by atoms with van der Waals surface area (Å²) in [6, 6.07) is 11.6. The van der Waals surface area contributed by atoms with Crippen molar-refractivity contribution >= 4 is 28.3 Å². The van der Waals surface area contributed by atoms with Crippen molar-refractivity contribution in [2.75, 3.05) is 12.9 Å². The Hall–Kier alpha value is -2.21. The van der Waals surface area contributed by atoms with Crippen LogP contribution in [0.5, 0.6) is 5.75 Å². The number of hydrogen-bond donors (Lipinski definition) is 2. The van der Waals surface area contributed by atoms with Gasteiger partial charge in [0.2, 0.25) is 0 Å². The minimum atomic E-state index is 0.751. The monoisotopic (exact) mass is 286 g/mol. The van der Waals surface area contributed by atoms with Crippen molar-refractivity contribution in [2.24, 2.45) is 10.1 Å². The first-order chi connectivity index (χ1) is 9.86. The fourth-order valence-corrected chi connectivity index (χ4v) is 2.62. The molecule has 1 aliphatic heterocycles. The predicted molar refractivity (Wildman–Crippen MR) is 83.0 cm³/mol. The molecule has 102 valence electrons. The van der Waals surface area contributed by atoms with Crippen LogP contribution in [-0.4, -0.2) is 28.7 Å². The van der Waals surface area contributed by atoms with E-state index in [0.29, 0.717) is 0 Å². The Morgan fingerprint density at radius 1 is 1.25 bits per heavy atom. The lowest BCUT2D eigenvalue weighted by Gasteiger charge is -2.14. The van der Waals surface area contributed by atoms with Gasteiger partial charge in [0, 0.05) is 11.9 Å². The maximum absolute atomic E-state index is 5.28. The number of aromatic nitrogens is 1. The highest BCUT2D eigenvalue weighted by Crippen LogP contribution is 2.28. The third-order valence-electron chi connectivity index (χ3n) is 2.85. The number of rotatable bonds is 3. The van der Waals surface area contributed by atoms with Crippen molar-refractivity contribution in [2.45, 2.75) is 0 Å². The number of aliphatic imine (C=N–C) groups is 1. The molecule has 0 atom stereocenters. The molecule has 0 saturated carbocycles. The molecule has 2 aromatic rings. The summed E-state index contributed by atoms with van der Waals surface area (Å²) in [5.41, 5.74) is 5.79. The van der Waals surface area contributed by atoms with Gasteiger partial charge in [0.25, 0.3) is 0 Å². The molecule has 0 spiro atoms. The average molecular weight is 286 g/mol. The summed E-state index contributed by atoms with van der Waals surface area (Å²) in [7, 11) is 1.64. The third-order valence-corrected chi connectivity index (χ3v) is 3.72. The van der Waals surface area contributed by atoms with Gasteiger partial charge < -0.3 is 9.72 Å². The van der Waals surface area contributed by atoms with Crippen molar-refractivity contribution in [1.82, 2.24) is 10.4 Å². The van der Waals surface area contributed by atoms with Gasteiger partial charge in [-0.15, -0.1) is 0 Å². The molecule has 0 fully saturated rings. The largest absolute Gasteiger partial charge is 0.494 e. The molecule has 6 heteroatoms. The summed E-state index contributed by atoms with van der Waals surface area (Å²) in [6.07, 6.45) is 1.89. The van der Waals surface area contributed by atoms with Crippen molar-refractivity contribution in [3.8, 4) is 5.75 Å². The number of hydrogen-bond acceptors (Lipinski definition) is 4. The van der Waals surface area contributed by atoms with Crippen LogP contribution in [-0.2, 0) is 0 Å². The van der Waals surface area contributed by atoms with E-state index >= 15 is 0 Å². The second kappa shape index (κ2) is 5.83. The number of thioether (sulfide) groups is 1. The molecule has 0 amide bonds. The summed E-state index contributed by atoms with van der Waals surface area (Å²) in [6.45, 7) is 0. The van der Waals surface area contributed by atoms with Crippen molar-refractivity contribution in [3.63, 3.8) is 0 Å². The first-order valence-corrected chi connectivity index (χ1v) is 7.16.